The molecule has 0 radical (unpaired) electrons. The van der Waals surface area contributed by atoms with Crippen LogP contribution in [0.15, 0.2) is 77.2 Å². The summed E-state index contributed by atoms with van der Waals surface area (Å²) in [6.07, 6.45) is 0. The monoisotopic (exact) mass is 348 g/mol. The molecule has 5 rings (SSSR count). The van der Waals surface area contributed by atoms with Crippen LogP contribution in [-0.4, -0.2) is 0 Å². The summed E-state index contributed by atoms with van der Waals surface area (Å²) in [4.78, 5) is 0. The van der Waals surface area contributed by atoms with Crippen LogP contribution in [0.2, 0.25) is 0 Å². The summed E-state index contributed by atoms with van der Waals surface area (Å²) in [5.41, 5.74) is 5.29. The number of benzene rings is 4. The van der Waals surface area contributed by atoms with E-state index in [0.717, 1.165) is 38.9 Å². The number of hydrogen-bond acceptors (Lipinski definition) is 3. The van der Waals surface area contributed by atoms with Gasteiger partial charge >= 0.3 is 0 Å². The van der Waals surface area contributed by atoms with E-state index in [0.29, 0.717) is 5.56 Å². The van der Waals surface area contributed by atoms with Crippen molar-refractivity contribution in [1.29, 1.82) is 5.26 Å². The van der Waals surface area contributed by atoms with Gasteiger partial charge in [-0.15, -0.1) is 0 Å². The van der Waals surface area contributed by atoms with Crippen LogP contribution in [0.25, 0.3) is 32.7 Å². The molecule has 0 amide bonds. The number of rotatable bonds is 2. The van der Waals surface area contributed by atoms with Gasteiger partial charge in [-0.25, -0.2) is 0 Å². The third-order valence-electron chi connectivity index (χ3n) is 5.01. The zero-order valence-electron chi connectivity index (χ0n) is 14.8. The van der Waals surface area contributed by atoms with Crippen LogP contribution in [0.4, 0.5) is 11.4 Å². The van der Waals surface area contributed by atoms with Crippen molar-refractivity contribution in [2.45, 2.75) is 6.92 Å². The molecule has 4 aromatic carbocycles. The number of nitriles is 1. The first kappa shape index (κ1) is 15.5. The Bertz CT molecular complexity index is 1370. The number of fused-ring (bicyclic) bond motifs is 5. The van der Waals surface area contributed by atoms with E-state index in [4.69, 9.17) is 9.68 Å². The van der Waals surface area contributed by atoms with Crippen molar-refractivity contribution in [2.24, 2.45) is 0 Å². The maximum absolute atomic E-state index is 9.07. The van der Waals surface area contributed by atoms with Crippen molar-refractivity contribution in [1.82, 2.24) is 0 Å². The number of anilines is 2. The minimum absolute atomic E-state index is 0.659. The van der Waals surface area contributed by atoms with Gasteiger partial charge in [-0.05, 0) is 53.6 Å². The van der Waals surface area contributed by atoms with Crippen LogP contribution < -0.4 is 5.32 Å². The van der Waals surface area contributed by atoms with Crippen molar-refractivity contribution >= 4 is 44.1 Å². The first-order valence-corrected chi connectivity index (χ1v) is 8.85. The minimum Gasteiger partial charge on any atom is -0.454 e. The van der Waals surface area contributed by atoms with Crippen molar-refractivity contribution in [3.63, 3.8) is 0 Å². The Morgan fingerprint density at radius 3 is 2.56 bits per heavy atom. The molecular weight excluding hydrogens is 332 g/mol. The van der Waals surface area contributed by atoms with Gasteiger partial charge in [0.25, 0.3) is 0 Å². The van der Waals surface area contributed by atoms with Crippen molar-refractivity contribution in [3.8, 4) is 6.07 Å². The number of hydrogen-bond donors (Lipinski definition) is 1. The summed E-state index contributed by atoms with van der Waals surface area (Å²) < 4.78 is 6.23. The van der Waals surface area contributed by atoms with Gasteiger partial charge in [0.2, 0.25) is 0 Å². The molecule has 1 N–H and O–H groups in total. The zero-order valence-corrected chi connectivity index (χ0v) is 14.8. The van der Waals surface area contributed by atoms with Gasteiger partial charge in [0, 0.05) is 16.5 Å². The molecule has 1 aromatic heterocycles. The van der Waals surface area contributed by atoms with Gasteiger partial charge in [0.1, 0.15) is 5.58 Å². The molecule has 0 spiro atoms. The topological polar surface area (TPSA) is 49.0 Å². The number of aryl methyl sites for hydroxylation is 1. The van der Waals surface area contributed by atoms with E-state index in [1.807, 2.05) is 43.3 Å². The quantitative estimate of drug-likeness (QED) is 0.388. The highest BCUT2D eigenvalue weighted by Crippen LogP contribution is 2.38. The Morgan fingerprint density at radius 1 is 0.852 bits per heavy atom. The maximum atomic E-state index is 9.07. The van der Waals surface area contributed by atoms with Crippen LogP contribution in [0, 0.1) is 18.3 Å². The Kier molecular flexibility index (Phi) is 3.38. The van der Waals surface area contributed by atoms with E-state index in [1.54, 1.807) is 0 Å². The fraction of sp³-hybridized carbons (Fsp3) is 0.0417. The molecule has 0 aliphatic carbocycles. The van der Waals surface area contributed by atoms with Crippen LogP contribution in [-0.2, 0) is 0 Å². The minimum atomic E-state index is 0.659. The van der Waals surface area contributed by atoms with E-state index in [-0.39, 0.29) is 0 Å². The van der Waals surface area contributed by atoms with Crippen LogP contribution in [0.1, 0.15) is 11.1 Å². The summed E-state index contributed by atoms with van der Waals surface area (Å²) in [6, 6.07) is 26.5. The number of nitrogens with zero attached hydrogens (tertiary/aromatic N) is 1. The SMILES string of the molecule is Cc1cc(C#N)ccc1Nc1cccc2c1oc1ccc3ccccc3c12. The van der Waals surface area contributed by atoms with E-state index >= 15 is 0 Å². The normalized spacial score (nSPS) is 11.1. The molecular formula is C24H16N2O. The lowest BCUT2D eigenvalue weighted by Gasteiger charge is -2.10. The highest BCUT2D eigenvalue weighted by molar-refractivity contribution is 6.20. The smallest absolute Gasteiger partial charge is 0.158 e. The molecule has 0 atom stereocenters. The molecule has 0 unspecified atom stereocenters. The molecule has 128 valence electrons. The summed E-state index contributed by atoms with van der Waals surface area (Å²) in [5.74, 6) is 0. The van der Waals surface area contributed by atoms with E-state index < -0.39 is 0 Å². The van der Waals surface area contributed by atoms with Crippen molar-refractivity contribution < 1.29 is 4.42 Å². The first-order chi connectivity index (χ1) is 13.2. The Balaban J connectivity index is 1.72. The molecule has 3 nitrogen and oxygen atoms in total. The molecule has 3 heteroatoms. The lowest BCUT2D eigenvalue weighted by atomic mass is 10.0. The van der Waals surface area contributed by atoms with Gasteiger partial charge in [-0.3, -0.25) is 0 Å². The summed E-state index contributed by atoms with van der Waals surface area (Å²) in [7, 11) is 0. The van der Waals surface area contributed by atoms with Crippen molar-refractivity contribution in [2.75, 3.05) is 5.32 Å². The average Bonchev–Trinajstić information content (AvgIpc) is 3.09. The largest absolute Gasteiger partial charge is 0.454 e. The lowest BCUT2D eigenvalue weighted by molar-refractivity contribution is 0.670. The third-order valence-corrected chi connectivity index (χ3v) is 5.01. The molecule has 1 heterocycles. The predicted octanol–water partition coefficient (Wildman–Crippen LogP) is 6.66. The van der Waals surface area contributed by atoms with Gasteiger partial charge in [-0.1, -0.05) is 42.5 Å². The summed E-state index contributed by atoms with van der Waals surface area (Å²) in [5, 5.41) is 17.2. The summed E-state index contributed by atoms with van der Waals surface area (Å²) in [6.45, 7) is 2.00. The van der Waals surface area contributed by atoms with E-state index in [9.17, 15) is 0 Å². The van der Waals surface area contributed by atoms with E-state index in [2.05, 4.69) is 47.8 Å². The maximum Gasteiger partial charge on any atom is 0.158 e. The molecule has 5 aromatic rings. The Hall–Kier alpha value is -3.77. The van der Waals surface area contributed by atoms with Crippen LogP contribution >= 0.6 is 0 Å². The predicted molar refractivity (Wildman–Crippen MR) is 110 cm³/mol. The molecule has 0 saturated carbocycles. The number of para-hydroxylation sites is 1. The Labute approximate surface area is 156 Å². The lowest BCUT2D eigenvalue weighted by Crippen LogP contribution is -1.94. The number of furan rings is 1. The van der Waals surface area contributed by atoms with Gasteiger partial charge in [-0.2, -0.15) is 5.26 Å². The van der Waals surface area contributed by atoms with Crippen LogP contribution in [0.3, 0.4) is 0 Å². The molecule has 0 aliphatic heterocycles. The zero-order chi connectivity index (χ0) is 18.4. The second-order valence-corrected chi connectivity index (χ2v) is 6.71. The fourth-order valence-electron chi connectivity index (χ4n) is 3.69. The standard InChI is InChI=1S/C24H16N2O/c1-15-13-16(14-25)9-11-20(15)26-21-8-4-7-19-23-18-6-3-2-5-17(18)10-12-22(23)27-24(19)21/h2-13,26H,1H3. The highest BCUT2D eigenvalue weighted by atomic mass is 16.3. The van der Waals surface area contributed by atoms with Crippen molar-refractivity contribution in [3.05, 3.63) is 83.9 Å². The molecule has 0 bridgehead atoms. The van der Waals surface area contributed by atoms with Gasteiger partial charge < -0.3 is 9.73 Å². The Morgan fingerprint density at radius 2 is 1.70 bits per heavy atom. The second-order valence-electron chi connectivity index (χ2n) is 6.71. The van der Waals surface area contributed by atoms with Gasteiger partial charge in [0.15, 0.2) is 5.58 Å². The fourth-order valence-corrected chi connectivity index (χ4v) is 3.69. The summed E-state index contributed by atoms with van der Waals surface area (Å²) >= 11 is 0. The van der Waals surface area contributed by atoms with Crippen LogP contribution in [0.5, 0.6) is 0 Å². The second kappa shape index (κ2) is 5.89. The molecule has 0 saturated heterocycles. The third kappa shape index (κ3) is 2.43. The number of nitrogens with one attached hydrogen (secondary N) is 1. The molecule has 0 fully saturated rings. The molecule has 0 aliphatic rings. The average molecular weight is 348 g/mol. The first-order valence-electron chi connectivity index (χ1n) is 8.85. The highest BCUT2D eigenvalue weighted by Gasteiger charge is 2.13. The van der Waals surface area contributed by atoms with Gasteiger partial charge in [0.05, 0.1) is 17.3 Å². The van der Waals surface area contributed by atoms with E-state index in [1.165, 1.54) is 10.8 Å². The molecule has 27 heavy (non-hydrogen) atoms.